The first-order valence-corrected chi connectivity index (χ1v) is 6.79. The molecule has 1 rings (SSSR count). The van der Waals surface area contributed by atoms with Crippen molar-refractivity contribution in [1.82, 2.24) is 15.0 Å². The van der Waals surface area contributed by atoms with Crippen molar-refractivity contribution in [2.24, 2.45) is 18.8 Å². The van der Waals surface area contributed by atoms with Crippen molar-refractivity contribution >= 4 is 11.8 Å². The molecule has 1 aromatic heterocycles. The second-order valence-electron chi connectivity index (χ2n) is 4.45. The van der Waals surface area contributed by atoms with Crippen LogP contribution in [-0.4, -0.2) is 27.1 Å². The van der Waals surface area contributed by atoms with E-state index >= 15 is 0 Å². The number of thioether (sulfide) groups is 1. The quantitative estimate of drug-likeness (QED) is 0.557. The lowest BCUT2D eigenvalue weighted by Gasteiger charge is -2.15. The van der Waals surface area contributed by atoms with Gasteiger partial charge in [-0.1, -0.05) is 13.8 Å². The van der Waals surface area contributed by atoms with E-state index in [4.69, 9.17) is 5.84 Å². The van der Waals surface area contributed by atoms with Gasteiger partial charge in [-0.3, -0.25) is 11.3 Å². The molecule has 0 aliphatic heterocycles. The molecule has 3 N–H and O–H groups in total. The molecule has 0 saturated carbocycles. The van der Waals surface area contributed by atoms with E-state index in [0.717, 1.165) is 23.9 Å². The molecule has 0 aromatic carbocycles. The van der Waals surface area contributed by atoms with Gasteiger partial charge in [0.2, 0.25) is 0 Å². The molecule has 16 heavy (non-hydrogen) atoms. The van der Waals surface area contributed by atoms with E-state index in [1.807, 2.05) is 35.8 Å². The van der Waals surface area contributed by atoms with Crippen molar-refractivity contribution in [2.75, 3.05) is 11.5 Å². The van der Waals surface area contributed by atoms with Crippen molar-refractivity contribution in [1.29, 1.82) is 0 Å². The molecular formula is C11H22N4S. The van der Waals surface area contributed by atoms with Gasteiger partial charge in [0.15, 0.2) is 0 Å². The lowest BCUT2D eigenvalue weighted by Crippen LogP contribution is -2.39. The average Bonchev–Trinajstić information content (AvgIpc) is 2.62. The summed E-state index contributed by atoms with van der Waals surface area (Å²) in [5.74, 6) is 9.57. The van der Waals surface area contributed by atoms with Crippen LogP contribution in [0.3, 0.4) is 0 Å². The molecule has 4 nitrogen and oxygen atoms in total. The van der Waals surface area contributed by atoms with Crippen molar-refractivity contribution < 1.29 is 0 Å². The first kappa shape index (κ1) is 13.5. The Balaban J connectivity index is 2.35. The summed E-state index contributed by atoms with van der Waals surface area (Å²) in [7, 11) is 2.01. The number of hydrogen-bond acceptors (Lipinski definition) is 4. The Kier molecular flexibility index (Phi) is 5.87. The Morgan fingerprint density at radius 1 is 1.50 bits per heavy atom. The van der Waals surface area contributed by atoms with E-state index < -0.39 is 0 Å². The van der Waals surface area contributed by atoms with Gasteiger partial charge in [-0.25, -0.2) is 4.98 Å². The number of hydrazine groups is 1. The topological polar surface area (TPSA) is 55.9 Å². The van der Waals surface area contributed by atoms with Crippen LogP contribution in [0.5, 0.6) is 0 Å². The normalized spacial score (nSPS) is 13.3. The number of nitrogens with zero attached hydrogens (tertiary/aromatic N) is 2. The van der Waals surface area contributed by atoms with Crippen molar-refractivity contribution in [3.8, 4) is 0 Å². The van der Waals surface area contributed by atoms with Crippen LogP contribution < -0.4 is 11.3 Å². The monoisotopic (exact) mass is 242 g/mol. The van der Waals surface area contributed by atoms with E-state index in [2.05, 4.69) is 24.3 Å². The summed E-state index contributed by atoms with van der Waals surface area (Å²) >= 11 is 1.94. The maximum atomic E-state index is 5.56. The third-order valence-corrected chi connectivity index (χ3v) is 3.90. The number of hydrogen-bond donors (Lipinski definition) is 2. The minimum absolute atomic E-state index is 0.296. The van der Waals surface area contributed by atoms with E-state index in [-0.39, 0.29) is 0 Å². The van der Waals surface area contributed by atoms with Gasteiger partial charge in [-0.05, 0) is 11.7 Å². The molecule has 0 amide bonds. The molecule has 92 valence electrons. The standard InChI is InChI=1S/C11H22N4S/c1-9(2)7-16-8-10(14-12)6-11-13-4-5-15(11)3/h4-5,9-10,14H,6-8,12H2,1-3H3. The first-order chi connectivity index (χ1) is 7.63. The van der Waals surface area contributed by atoms with E-state index in [0.29, 0.717) is 6.04 Å². The third kappa shape index (κ3) is 4.55. The van der Waals surface area contributed by atoms with Crippen LogP contribution in [0.25, 0.3) is 0 Å². The van der Waals surface area contributed by atoms with Crippen LogP contribution in [0.4, 0.5) is 0 Å². The minimum atomic E-state index is 0.296. The van der Waals surface area contributed by atoms with Gasteiger partial charge in [0.25, 0.3) is 0 Å². The number of aromatic nitrogens is 2. The van der Waals surface area contributed by atoms with Crippen molar-refractivity contribution in [2.45, 2.75) is 26.3 Å². The zero-order chi connectivity index (χ0) is 12.0. The Morgan fingerprint density at radius 3 is 2.75 bits per heavy atom. The van der Waals surface area contributed by atoms with Gasteiger partial charge in [0, 0.05) is 37.7 Å². The maximum absolute atomic E-state index is 5.56. The molecule has 1 atom stereocenters. The summed E-state index contributed by atoms with van der Waals surface area (Å²) in [6.45, 7) is 4.47. The lowest BCUT2D eigenvalue weighted by atomic mass is 10.2. The molecule has 1 aromatic rings. The summed E-state index contributed by atoms with van der Waals surface area (Å²) in [6.07, 6.45) is 4.67. The van der Waals surface area contributed by atoms with Crippen LogP contribution in [-0.2, 0) is 13.5 Å². The predicted molar refractivity (Wildman–Crippen MR) is 70.2 cm³/mol. The summed E-state index contributed by atoms with van der Waals surface area (Å²) in [5.41, 5.74) is 2.87. The number of nitrogens with two attached hydrogens (primary N) is 1. The lowest BCUT2D eigenvalue weighted by molar-refractivity contribution is 0.551. The second-order valence-corrected chi connectivity index (χ2v) is 5.53. The first-order valence-electron chi connectivity index (χ1n) is 5.63. The molecule has 0 aliphatic rings. The zero-order valence-corrected chi connectivity index (χ0v) is 11.1. The summed E-state index contributed by atoms with van der Waals surface area (Å²) in [4.78, 5) is 4.30. The van der Waals surface area contributed by atoms with Gasteiger partial charge in [-0.15, -0.1) is 0 Å². The molecule has 0 saturated heterocycles. The highest BCUT2D eigenvalue weighted by molar-refractivity contribution is 7.99. The fraction of sp³-hybridized carbons (Fsp3) is 0.727. The van der Waals surface area contributed by atoms with Crippen LogP contribution in [0.15, 0.2) is 12.4 Å². The van der Waals surface area contributed by atoms with Crippen molar-refractivity contribution in [3.05, 3.63) is 18.2 Å². The molecule has 0 spiro atoms. The molecule has 0 aliphatic carbocycles. The SMILES string of the molecule is CC(C)CSCC(Cc1nccn1C)NN. The van der Waals surface area contributed by atoms with E-state index in [1.54, 1.807) is 0 Å². The second kappa shape index (κ2) is 6.93. The van der Waals surface area contributed by atoms with E-state index in [9.17, 15) is 0 Å². The van der Waals surface area contributed by atoms with Gasteiger partial charge in [0.1, 0.15) is 5.82 Å². The third-order valence-electron chi connectivity index (χ3n) is 2.36. The highest BCUT2D eigenvalue weighted by Gasteiger charge is 2.11. The minimum Gasteiger partial charge on any atom is -0.338 e. The Labute approximate surface area is 102 Å². The fourth-order valence-corrected chi connectivity index (χ4v) is 2.53. The number of nitrogens with one attached hydrogen (secondary N) is 1. The smallest absolute Gasteiger partial charge is 0.110 e. The van der Waals surface area contributed by atoms with Gasteiger partial charge < -0.3 is 4.57 Å². The van der Waals surface area contributed by atoms with Gasteiger partial charge in [-0.2, -0.15) is 11.8 Å². The fourth-order valence-electron chi connectivity index (χ4n) is 1.43. The Morgan fingerprint density at radius 2 is 2.25 bits per heavy atom. The van der Waals surface area contributed by atoms with Gasteiger partial charge >= 0.3 is 0 Å². The number of imidazole rings is 1. The van der Waals surface area contributed by atoms with Crippen LogP contribution in [0.2, 0.25) is 0 Å². The van der Waals surface area contributed by atoms with E-state index in [1.165, 1.54) is 5.75 Å². The molecule has 0 bridgehead atoms. The Hall–Kier alpha value is -0.520. The Bertz CT molecular complexity index is 298. The molecule has 0 fully saturated rings. The summed E-state index contributed by atoms with van der Waals surface area (Å²) < 4.78 is 2.04. The largest absolute Gasteiger partial charge is 0.338 e. The molecular weight excluding hydrogens is 220 g/mol. The number of aryl methyl sites for hydroxylation is 1. The number of rotatable bonds is 7. The van der Waals surface area contributed by atoms with Crippen molar-refractivity contribution in [3.63, 3.8) is 0 Å². The molecule has 1 heterocycles. The van der Waals surface area contributed by atoms with Crippen LogP contribution >= 0.6 is 11.8 Å². The van der Waals surface area contributed by atoms with Crippen LogP contribution in [0.1, 0.15) is 19.7 Å². The molecule has 5 heteroatoms. The zero-order valence-electron chi connectivity index (χ0n) is 10.3. The highest BCUT2D eigenvalue weighted by Crippen LogP contribution is 2.11. The molecule has 1 unspecified atom stereocenters. The maximum Gasteiger partial charge on any atom is 0.110 e. The van der Waals surface area contributed by atoms with Gasteiger partial charge in [0.05, 0.1) is 0 Å². The average molecular weight is 242 g/mol. The van der Waals surface area contributed by atoms with Crippen LogP contribution in [0, 0.1) is 5.92 Å². The summed E-state index contributed by atoms with van der Waals surface area (Å²) in [5, 5.41) is 0. The summed E-state index contributed by atoms with van der Waals surface area (Å²) in [6, 6.07) is 0.296. The highest BCUT2D eigenvalue weighted by atomic mass is 32.2. The predicted octanol–water partition coefficient (Wildman–Crippen LogP) is 1.18. The molecule has 0 radical (unpaired) electrons.